The molecule has 2 aromatic carbocycles. The summed E-state index contributed by atoms with van der Waals surface area (Å²) in [5, 5.41) is 0. The highest BCUT2D eigenvalue weighted by Gasteiger charge is 2.51. The first-order valence-electron chi connectivity index (χ1n) is 9.44. The van der Waals surface area contributed by atoms with E-state index in [-0.39, 0.29) is 11.1 Å². The Morgan fingerprint density at radius 3 is 1.40 bits per heavy atom. The Labute approximate surface area is 155 Å². The lowest BCUT2D eigenvalue weighted by Gasteiger charge is -2.56. The van der Waals surface area contributed by atoms with E-state index >= 15 is 0 Å². The molecule has 0 unspecified atom stereocenters. The second-order valence-electron chi connectivity index (χ2n) is 9.94. The van der Waals surface area contributed by atoms with E-state index in [9.17, 15) is 0 Å². The summed E-state index contributed by atoms with van der Waals surface area (Å²) in [5.74, 6) is 0. The Kier molecular flexibility index (Phi) is 4.29. The summed E-state index contributed by atoms with van der Waals surface area (Å²) in [7, 11) is -1.84. The van der Waals surface area contributed by atoms with Crippen LogP contribution in [0.1, 0.15) is 58.2 Å². The Morgan fingerprint density at radius 2 is 1.04 bits per heavy atom. The van der Waals surface area contributed by atoms with Gasteiger partial charge in [0.05, 0.1) is 0 Å². The van der Waals surface area contributed by atoms with Gasteiger partial charge in [0.15, 0.2) is 0 Å². The van der Waals surface area contributed by atoms with Gasteiger partial charge in [0, 0.05) is 16.6 Å². The molecule has 0 radical (unpaired) electrons. The SMILES string of the molecule is CC(C)(C)N(C(C)(C)C)[Si](C)(C)C1c2ccccc2-c2ccccc21. The third-order valence-electron chi connectivity index (χ3n) is 5.46. The van der Waals surface area contributed by atoms with Crippen molar-refractivity contribution in [1.29, 1.82) is 0 Å². The Morgan fingerprint density at radius 1 is 0.680 bits per heavy atom. The number of nitrogens with zero attached hydrogens (tertiary/aromatic N) is 1. The molecular weight excluding hydrogens is 318 g/mol. The molecule has 0 bridgehead atoms. The van der Waals surface area contributed by atoms with Gasteiger partial charge >= 0.3 is 0 Å². The normalized spacial score (nSPS) is 15.4. The summed E-state index contributed by atoms with van der Waals surface area (Å²) in [6.45, 7) is 19.4. The maximum absolute atomic E-state index is 2.84. The summed E-state index contributed by atoms with van der Waals surface area (Å²) in [6.07, 6.45) is 0. The van der Waals surface area contributed by atoms with Crippen LogP contribution >= 0.6 is 0 Å². The number of hydrogen-bond donors (Lipinski definition) is 0. The molecular formula is C23H33NSi. The zero-order chi connectivity index (χ0) is 18.6. The molecule has 0 aliphatic heterocycles. The van der Waals surface area contributed by atoms with Crippen LogP contribution in [0, 0.1) is 0 Å². The van der Waals surface area contributed by atoms with Crippen LogP contribution in [0.15, 0.2) is 48.5 Å². The first-order chi connectivity index (χ1) is 11.5. The fourth-order valence-corrected chi connectivity index (χ4v) is 11.5. The molecule has 0 atom stereocenters. The highest BCUT2D eigenvalue weighted by molar-refractivity contribution is 6.77. The quantitative estimate of drug-likeness (QED) is 0.563. The topological polar surface area (TPSA) is 3.24 Å². The largest absolute Gasteiger partial charge is 0.314 e. The van der Waals surface area contributed by atoms with Crippen LogP contribution in [-0.4, -0.2) is 23.9 Å². The molecule has 0 N–H and O–H groups in total. The molecule has 0 heterocycles. The lowest BCUT2D eigenvalue weighted by Crippen LogP contribution is -2.67. The molecule has 0 amide bonds. The minimum Gasteiger partial charge on any atom is -0.314 e. The van der Waals surface area contributed by atoms with Crippen molar-refractivity contribution >= 4 is 8.24 Å². The van der Waals surface area contributed by atoms with E-state index in [1.54, 1.807) is 0 Å². The predicted octanol–water partition coefficient (Wildman–Crippen LogP) is 6.44. The number of hydrogen-bond acceptors (Lipinski definition) is 1. The van der Waals surface area contributed by atoms with Crippen molar-refractivity contribution in [3.8, 4) is 11.1 Å². The van der Waals surface area contributed by atoms with Gasteiger partial charge in [-0.25, -0.2) is 0 Å². The van der Waals surface area contributed by atoms with Crippen LogP contribution < -0.4 is 0 Å². The van der Waals surface area contributed by atoms with Crippen molar-refractivity contribution in [2.24, 2.45) is 0 Å². The summed E-state index contributed by atoms with van der Waals surface area (Å²) < 4.78 is 2.84. The van der Waals surface area contributed by atoms with Gasteiger partial charge in [-0.15, -0.1) is 0 Å². The molecule has 0 saturated heterocycles. The summed E-state index contributed by atoms with van der Waals surface area (Å²) in [6, 6.07) is 18.1. The molecule has 1 nitrogen and oxygen atoms in total. The fraction of sp³-hybridized carbons (Fsp3) is 0.478. The van der Waals surface area contributed by atoms with Gasteiger partial charge < -0.3 is 4.57 Å². The van der Waals surface area contributed by atoms with Crippen molar-refractivity contribution in [3.05, 3.63) is 59.7 Å². The first kappa shape index (κ1) is 18.4. The van der Waals surface area contributed by atoms with E-state index in [1.807, 2.05) is 0 Å². The fourth-order valence-electron chi connectivity index (χ4n) is 5.78. The van der Waals surface area contributed by atoms with Crippen molar-refractivity contribution in [2.45, 2.75) is 71.3 Å². The Bertz CT molecular complexity index is 718. The maximum atomic E-state index is 2.84. The van der Waals surface area contributed by atoms with E-state index in [2.05, 4.69) is 108 Å². The van der Waals surface area contributed by atoms with Gasteiger partial charge in [-0.05, 0) is 63.8 Å². The summed E-state index contributed by atoms with van der Waals surface area (Å²) in [5.41, 5.74) is 6.72. The molecule has 1 aliphatic rings. The van der Waals surface area contributed by atoms with Gasteiger partial charge in [-0.1, -0.05) is 61.6 Å². The van der Waals surface area contributed by atoms with E-state index < -0.39 is 8.24 Å². The second-order valence-corrected chi connectivity index (χ2v) is 14.3. The molecule has 25 heavy (non-hydrogen) atoms. The van der Waals surface area contributed by atoms with Crippen LogP contribution in [-0.2, 0) is 0 Å². The molecule has 0 fully saturated rings. The van der Waals surface area contributed by atoms with Crippen molar-refractivity contribution in [3.63, 3.8) is 0 Å². The first-order valence-corrected chi connectivity index (χ1v) is 12.5. The average Bonchev–Trinajstić information content (AvgIpc) is 2.78. The lowest BCUT2D eigenvalue weighted by atomic mass is 10.0. The molecule has 2 aromatic rings. The molecule has 1 aliphatic carbocycles. The zero-order valence-electron chi connectivity index (χ0n) is 17.1. The van der Waals surface area contributed by atoms with Crippen LogP contribution in [0.5, 0.6) is 0 Å². The van der Waals surface area contributed by atoms with E-state index in [0.29, 0.717) is 5.54 Å². The third-order valence-corrected chi connectivity index (χ3v) is 9.99. The second kappa shape index (κ2) is 5.82. The van der Waals surface area contributed by atoms with E-state index in [4.69, 9.17) is 0 Å². The molecule has 0 aromatic heterocycles. The third kappa shape index (κ3) is 3.00. The monoisotopic (exact) mass is 351 g/mol. The van der Waals surface area contributed by atoms with Crippen LogP contribution in [0.3, 0.4) is 0 Å². The van der Waals surface area contributed by atoms with Gasteiger partial charge in [-0.2, -0.15) is 0 Å². The summed E-state index contributed by atoms with van der Waals surface area (Å²) in [4.78, 5) is 0. The van der Waals surface area contributed by atoms with E-state index in [0.717, 1.165) is 0 Å². The Hall–Kier alpha value is -1.38. The lowest BCUT2D eigenvalue weighted by molar-refractivity contribution is 0.125. The van der Waals surface area contributed by atoms with Gasteiger partial charge in [-0.3, -0.25) is 0 Å². The van der Waals surface area contributed by atoms with Crippen LogP contribution in [0.4, 0.5) is 0 Å². The number of benzene rings is 2. The highest BCUT2D eigenvalue weighted by atomic mass is 28.3. The van der Waals surface area contributed by atoms with Crippen molar-refractivity contribution in [1.82, 2.24) is 4.57 Å². The molecule has 3 rings (SSSR count). The molecule has 0 saturated carbocycles. The van der Waals surface area contributed by atoms with Gasteiger partial charge in [0.1, 0.15) is 8.24 Å². The molecule has 0 spiro atoms. The minimum atomic E-state index is -1.84. The van der Waals surface area contributed by atoms with Crippen molar-refractivity contribution in [2.75, 3.05) is 0 Å². The number of rotatable bonds is 2. The Balaban J connectivity index is 2.23. The number of fused-ring (bicyclic) bond motifs is 3. The van der Waals surface area contributed by atoms with E-state index in [1.165, 1.54) is 22.3 Å². The zero-order valence-corrected chi connectivity index (χ0v) is 18.1. The van der Waals surface area contributed by atoms with Gasteiger partial charge in [0.2, 0.25) is 0 Å². The summed E-state index contributed by atoms with van der Waals surface area (Å²) >= 11 is 0. The smallest absolute Gasteiger partial charge is 0.135 e. The predicted molar refractivity (Wildman–Crippen MR) is 113 cm³/mol. The molecule has 2 heteroatoms. The maximum Gasteiger partial charge on any atom is 0.135 e. The average molecular weight is 352 g/mol. The minimum absolute atomic E-state index is 0.139. The highest BCUT2D eigenvalue weighted by Crippen LogP contribution is 2.51. The van der Waals surface area contributed by atoms with Gasteiger partial charge in [0.25, 0.3) is 0 Å². The van der Waals surface area contributed by atoms with Crippen molar-refractivity contribution < 1.29 is 0 Å². The standard InChI is InChI=1S/C23H33NSi/c1-22(2,3)24(23(4,5)6)25(7,8)21-19-15-11-9-13-17(19)18-14-10-12-16-20(18)21/h9-16,21H,1-8H3. The van der Waals surface area contributed by atoms with Crippen LogP contribution in [0.25, 0.3) is 11.1 Å². The van der Waals surface area contributed by atoms with Crippen LogP contribution in [0.2, 0.25) is 13.1 Å². The molecule has 134 valence electrons.